The average molecular weight is 454 g/mol. The van der Waals surface area contributed by atoms with Crippen molar-refractivity contribution in [1.82, 2.24) is 10.2 Å². The van der Waals surface area contributed by atoms with Gasteiger partial charge in [0.15, 0.2) is 0 Å². The van der Waals surface area contributed by atoms with E-state index in [9.17, 15) is 13.2 Å². The molecule has 0 saturated heterocycles. The summed E-state index contributed by atoms with van der Waals surface area (Å²) >= 11 is 3.29. The molecule has 2 rings (SSSR count). The van der Waals surface area contributed by atoms with Crippen LogP contribution in [0.1, 0.15) is 34.5 Å². The predicted octanol–water partition coefficient (Wildman–Crippen LogP) is 2.69. The number of nitrogens with one attached hydrogen (secondary N) is 1. The van der Waals surface area contributed by atoms with Crippen LogP contribution in [-0.2, 0) is 16.4 Å². The number of rotatable bonds is 7. The Bertz CT molecular complexity index is 912. The first-order valence-electron chi connectivity index (χ1n) is 8.49. The number of hydrogen-bond acceptors (Lipinski definition) is 4. The molecule has 0 aliphatic carbocycles. The molecule has 0 bridgehead atoms. The molecular weight excluding hydrogens is 430 g/mol. The zero-order valence-electron chi connectivity index (χ0n) is 15.6. The van der Waals surface area contributed by atoms with Crippen molar-refractivity contribution in [3.63, 3.8) is 0 Å². The molecule has 2 aromatic rings. The lowest BCUT2D eigenvalue weighted by molar-refractivity contribution is 0.0941. The first-order valence-corrected chi connectivity index (χ1v) is 10.8. The SMILES string of the molecule is CCc1ccc(C(CNC(=O)c2cc(S(N)(=O)=O)ccc2Br)N(C)C)cc1. The maximum absolute atomic E-state index is 12.6. The number of carbonyl (C=O) groups excluding carboxylic acids is 1. The molecule has 0 aromatic heterocycles. The van der Waals surface area contributed by atoms with Crippen LogP contribution in [0.3, 0.4) is 0 Å². The van der Waals surface area contributed by atoms with Crippen molar-refractivity contribution in [3.8, 4) is 0 Å². The van der Waals surface area contributed by atoms with E-state index in [1.165, 1.54) is 23.8 Å². The van der Waals surface area contributed by atoms with Crippen LogP contribution in [0.25, 0.3) is 0 Å². The van der Waals surface area contributed by atoms with Gasteiger partial charge in [-0.1, -0.05) is 31.2 Å². The van der Waals surface area contributed by atoms with Crippen LogP contribution in [-0.4, -0.2) is 39.9 Å². The highest BCUT2D eigenvalue weighted by Gasteiger charge is 2.19. The molecule has 0 spiro atoms. The van der Waals surface area contributed by atoms with Gasteiger partial charge in [-0.05, 0) is 65.8 Å². The zero-order valence-corrected chi connectivity index (χ0v) is 18.0. The van der Waals surface area contributed by atoms with Gasteiger partial charge in [-0.15, -0.1) is 0 Å². The third-order valence-corrected chi connectivity index (χ3v) is 5.97. The molecule has 8 heteroatoms. The van der Waals surface area contributed by atoms with Crippen molar-refractivity contribution in [2.24, 2.45) is 5.14 Å². The van der Waals surface area contributed by atoms with Crippen LogP contribution in [0.2, 0.25) is 0 Å². The lowest BCUT2D eigenvalue weighted by Crippen LogP contribution is -2.34. The lowest BCUT2D eigenvalue weighted by Gasteiger charge is -2.25. The topological polar surface area (TPSA) is 92.5 Å². The van der Waals surface area contributed by atoms with E-state index >= 15 is 0 Å². The van der Waals surface area contributed by atoms with Crippen molar-refractivity contribution in [3.05, 3.63) is 63.6 Å². The van der Waals surface area contributed by atoms with E-state index in [0.29, 0.717) is 11.0 Å². The minimum Gasteiger partial charge on any atom is -0.350 e. The van der Waals surface area contributed by atoms with E-state index in [0.717, 1.165) is 12.0 Å². The van der Waals surface area contributed by atoms with Gasteiger partial charge < -0.3 is 10.2 Å². The van der Waals surface area contributed by atoms with E-state index < -0.39 is 10.0 Å². The van der Waals surface area contributed by atoms with Gasteiger partial charge in [0.2, 0.25) is 10.0 Å². The summed E-state index contributed by atoms with van der Waals surface area (Å²) in [6.45, 7) is 2.48. The van der Waals surface area contributed by atoms with Gasteiger partial charge in [0, 0.05) is 11.0 Å². The summed E-state index contributed by atoms with van der Waals surface area (Å²) in [5.41, 5.74) is 2.57. The molecule has 0 aliphatic rings. The van der Waals surface area contributed by atoms with Crippen molar-refractivity contribution >= 4 is 31.9 Å². The summed E-state index contributed by atoms with van der Waals surface area (Å²) in [7, 11) is 0.0140. The average Bonchev–Trinajstić information content (AvgIpc) is 2.61. The molecule has 27 heavy (non-hydrogen) atoms. The normalized spacial score (nSPS) is 12.8. The largest absolute Gasteiger partial charge is 0.350 e. The number of amides is 1. The van der Waals surface area contributed by atoms with Crippen molar-refractivity contribution in [1.29, 1.82) is 0 Å². The van der Waals surface area contributed by atoms with E-state index in [-0.39, 0.29) is 22.4 Å². The molecule has 0 saturated carbocycles. The van der Waals surface area contributed by atoms with Gasteiger partial charge >= 0.3 is 0 Å². The van der Waals surface area contributed by atoms with Crippen molar-refractivity contribution < 1.29 is 13.2 Å². The molecule has 0 radical (unpaired) electrons. The predicted molar refractivity (Wildman–Crippen MR) is 110 cm³/mol. The summed E-state index contributed by atoms with van der Waals surface area (Å²) in [6.07, 6.45) is 0.970. The summed E-state index contributed by atoms with van der Waals surface area (Å²) in [5.74, 6) is -0.371. The number of hydrogen-bond donors (Lipinski definition) is 2. The number of benzene rings is 2. The summed E-state index contributed by atoms with van der Waals surface area (Å²) in [6, 6.07) is 12.4. The fraction of sp³-hybridized carbons (Fsp3) is 0.316. The molecule has 0 aliphatic heterocycles. The highest BCUT2D eigenvalue weighted by Crippen LogP contribution is 2.22. The number of likely N-dealkylation sites (N-methyl/N-ethyl adjacent to an activating group) is 1. The fourth-order valence-electron chi connectivity index (χ4n) is 2.71. The highest BCUT2D eigenvalue weighted by molar-refractivity contribution is 9.10. The third kappa shape index (κ3) is 5.62. The van der Waals surface area contributed by atoms with E-state index in [1.54, 1.807) is 0 Å². The first-order chi connectivity index (χ1) is 12.6. The Hall–Kier alpha value is -1.74. The van der Waals surface area contributed by atoms with Crippen LogP contribution in [0.15, 0.2) is 51.8 Å². The second kappa shape index (κ2) is 8.97. The minimum atomic E-state index is -3.88. The van der Waals surface area contributed by atoms with Crippen molar-refractivity contribution in [2.45, 2.75) is 24.3 Å². The van der Waals surface area contributed by atoms with E-state index in [2.05, 4.69) is 52.4 Å². The molecule has 1 amide bonds. The Morgan fingerprint density at radius 2 is 1.81 bits per heavy atom. The Kier molecular flexibility index (Phi) is 7.16. The Labute approximate surface area is 168 Å². The second-order valence-electron chi connectivity index (χ2n) is 6.47. The first kappa shape index (κ1) is 21.6. The molecule has 1 unspecified atom stereocenters. The highest BCUT2D eigenvalue weighted by atomic mass is 79.9. The summed E-state index contributed by atoms with van der Waals surface area (Å²) in [5, 5.41) is 8.04. The molecule has 0 fully saturated rings. The third-order valence-electron chi connectivity index (χ3n) is 4.36. The lowest BCUT2D eigenvalue weighted by atomic mass is 10.0. The van der Waals surface area contributed by atoms with Gasteiger partial charge in [0.1, 0.15) is 0 Å². The summed E-state index contributed by atoms with van der Waals surface area (Å²) < 4.78 is 23.6. The number of halogens is 1. The number of nitrogens with two attached hydrogens (primary N) is 1. The van der Waals surface area contributed by atoms with Crippen molar-refractivity contribution in [2.75, 3.05) is 20.6 Å². The van der Waals surface area contributed by atoms with Gasteiger partial charge in [0.05, 0.1) is 16.5 Å². The smallest absolute Gasteiger partial charge is 0.252 e. The van der Waals surface area contributed by atoms with Crippen LogP contribution in [0.5, 0.6) is 0 Å². The van der Waals surface area contributed by atoms with E-state index in [4.69, 9.17) is 5.14 Å². The standard InChI is InChI=1S/C19H24BrN3O3S/c1-4-13-5-7-14(8-6-13)18(23(2)3)12-22-19(24)16-11-15(27(21,25)26)9-10-17(16)20/h5-11,18H,4,12H2,1-3H3,(H,22,24)(H2,21,25,26). The Morgan fingerprint density at radius 1 is 1.19 bits per heavy atom. The maximum atomic E-state index is 12.6. The molecule has 3 N–H and O–H groups in total. The van der Waals surface area contributed by atoms with Crippen LogP contribution in [0, 0.1) is 0 Å². The molecule has 6 nitrogen and oxygen atoms in total. The van der Waals surface area contributed by atoms with E-state index in [1.807, 2.05) is 19.0 Å². The number of nitrogens with zero attached hydrogens (tertiary/aromatic N) is 1. The summed E-state index contributed by atoms with van der Waals surface area (Å²) in [4.78, 5) is 14.5. The van der Waals surface area contributed by atoms with Gasteiger partial charge in [0.25, 0.3) is 5.91 Å². The maximum Gasteiger partial charge on any atom is 0.252 e. The van der Waals surface area contributed by atoms with Gasteiger partial charge in [-0.3, -0.25) is 4.79 Å². The number of primary sulfonamides is 1. The molecule has 0 heterocycles. The molecule has 2 aromatic carbocycles. The van der Waals surface area contributed by atoms with Crippen LogP contribution >= 0.6 is 15.9 Å². The Morgan fingerprint density at radius 3 is 2.33 bits per heavy atom. The van der Waals surface area contributed by atoms with Gasteiger partial charge in [-0.2, -0.15) is 0 Å². The molecule has 146 valence electrons. The number of sulfonamides is 1. The molecular formula is C19H24BrN3O3S. The zero-order chi connectivity index (χ0) is 20.2. The Balaban J connectivity index is 2.19. The molecule has 1 atom stereocenters. The number of aryl methyl sites for hydroxylation is 1. The fourth-order valence-corrected chi connectivity index (χ4v) is 3.68. The quantitative estimate of drug-likeness (QED) is 0.673. The second-order valence-corrected chi connectivity index (χ2v) is 8.89. The monoisotopic (exact) mass is 453 g/mol. The van der Waals surface area contributed by atoms with Crippen LogP contribution < -0.4 is 10.5 Å². The number of carbonyl (C=O) groups is 1. The minimum absolute atomic E-state index is 0.0138. The van der Waals surface area contributed by atoms with Crippen LogP contribution in [0.4, 0.5) is 0 Å². The van der Waals surface area contributed by atoms with Gasteiger partial charge in [-0.25, -0.2) is 13.6 Å².